The zero-order chi connectivity index (χ0) is 33.4. The molecule has 0 unspecified atom stereocenters. The Bertz CT molecular complexity index is 1290. The zero-order valence-corrected chi connectivity index (χ0v) is 27.4. The molecular formula is C37H46N2O6S. The third kappa shape index (κ3) is 11.2. The first kappa shape index (κ1) is 36.5. The Morgan fingerprint density at radius 1 is 0.804 bits per heavy atom. The average molecular weight is 647 g/mol. The Labute approximate surface area is 276 Å². The Hall–Kier alpha value is -3.92. The number of allylic oxidation sites excluding steroid dienone is 1. The van der Waals surface area contributed by atoms with Crippen LogP contribution in [-0.4, -0.2) is 63.7 Å². The Kier molecular flexibility index (Phi) is 15.0. The number of thioether (sulfide) groups is 1. The minimum Gasteiger partial charge on any atom is -0.481 e. The Morgan fingerprint density at radius 3 is 1.80 bits per heavy atom. The van der Waals surface area contributed by atoms with Crippen LogP contribution >= 0.6 is 11.8 Å². The molecule has 0 radical (unpaired) electrons. The van der Waals surface area contributed by atoms with Crippen molar-refractivity contribution < 1.29 is 29.7 Å². The van der Waals surface area contributed by atoms with Crippen LogP contribution in [0, 0.1) is 5.92 Å². The van der Waals surface area contributed by atoms with Gasteiger partial charge < -0.3 is 26.0 Å². The SMILES string of the molecule is CC(C)[C@@H](NC(=O)CCCNC(=O)C[C@H](O)/C=C/CCSC(c1ccccc1)(c1ccccc1)c1ccccc1)[C@@H](O)CC(=O)O. The quantitative estimate of drug-likeness (QED) is 0.0679. The molecule has 0 saturated carbocycles. The summed E-state index contributed by atoms with van der Waals surface area (Å²) in [7, 11) is 0. The van der Waals surface area contributed by atoms with Crippen LogP contribution in [0.4, 0.5) is 0 Å². The molecule has 0 heterocycles. The van der Waals surface area contributed by atoms with Crippen LogP contribution in [0.5, 0.6) is 0 Å². The maximum Gasteiger partial charge on any atom is 0.306 e. The molecule has 2 amide bonds. The molecular weight excluding hydrogens is 600 g/mol. The van der Waals surface area contributed by atoms with E-state index in [0.717, 1.165) is 5.75 Å². The highest BCUT2D eigenvalue weighted by molar-refractivity contribution is 8.00. The lowest BCUT2D eigenvalue weighted by Crippen LogP contribution is -2.47. The summed E-state index contributed by atoms with van der Waals surface area (Å²) in [6.07, 6.45) is 2.07. The summed E-state index contributed by atoms with van der Waals surface area (Å²) in [6, 6.07) is 30.7. The van der Waals surface area contributed by atoms with E-state index < -0.39 is 35.4 Å². The number of nitrogens with one attached hydrogen (secondary N) is 2. The van der Waals surface area contributed by atoms with Gasteiger partial charge in [0.05, 0.1) is 35.8 Å². The van der Waals surface area contributed by atoms with E-state index in [-0.39, 0.29) is 37.1 Å². The molecule has 8 nitrogen and oxygen atoms in total. The van der Waals surface area contributed by atoms with Gasteiger partial charge in [-0.3, -0.25) is 14.4 Å². The van der Waals surface area contributed by atoms with Gasteiger partial charge in [0.25, 0.3) is 0 Å². The monoisotopic (exact) mass is 646 g/mol. The maximum absolute atomic E-state index is 12.3. The van der Waals surface area contributed by atoms with Crippen LogP contribution in [0.2, 0.25) is 0 Å². The molecule has 9 heteroatoms. The lowest BCUT2D eigenvalue weighted by atomic mass is 9.84. The summed E-state index contributed by atoms with van der Waals surface area (Å²) < 4.78 is -0.416. The first-order valence-corrected chi connectivity index (χ1v) is 16.7. The predicted octanol–water partition coefficient (Wildman–Crippen LogP) is 5.28. The van der Waals surface area contributed by atoms with Crippen molar-refractivity contribution in [2.45, 2.75) is 68.9 Å². The normalized spacial score (nSPS) is 13.7. The third-order valence-electron chi connectivity index (χ3n) is 7.64. The van der Waals surface area contributed by atoms with Gasteiger partial charge in [0.15, 0.2) is 0 Å². The molecule has 0 aliphatic rings. The van der Waals surface area contributed by atoms with Gasteiger partial charge in [0.1, 0.15) is 0 Å². The van der Waals surface area contributed by atoms with Crippen LogP contribution in [-0.2, 0) is 19.1 Å². The van der Waals surface area contributed by atoms with E-state index in [1.54, 1.807) is 19.9 Å². The summed E-state index contributed by atoms with van der Waals surface area (Å²) in [6.45, 7) is 3.84. The lowest BCUT2D eigenvalue weighted by Gasteiger charge is -2.35. The van der Waals surface area contributed by atoms with E-state index in [4.69, 9.17) is 5.11 Å². The largest absolute Gasteiger partial charge is 0.481 e. The molecule has 0 aliphatic carbocycles. The van der Waals surface area contributed by atoms with Crippen molar-refractivity contribution in [2.75, 3.05) is 12.3 Å². The molecule has 3 aromatic carbocycles. The molecule has 3 rings (SSSR count). The van der Waals surface area contributed by atoms with Gasteiger partial charge in [-0.05, 0) is 41.2 Å². The molecule has 0 aliphatic heterocycles. The number of carboxylic acid groups (broad SMARTS) is 1. The number of carbonyl (C=O) groups is 3. The van der Waals surface area contributed by atoms with Crippen molar-refractivity contribution in [1.29, 1.82) is 0 Å². The van der Waals surface area contributed by atoms with Crippen molar-refractivity contribution in [1.82, 2.24) is 10.6 Å². The van der Waals surface area contributed by atoms with Crippen LogP contribution < -0.4 is 10.6 Å². The van der Waals surface area contributed by atoms with Gasteiger partial charge in [-0.25, -0.2) is 0 Å². The van der Waals surface area contributed by atoms with Crippen molar-refractivity contribution in [2.24, 2.45) is 5.92 Å². The summed E-state index contributed by atoms with van der Waals surface area (Å²) in [5, 5.41) is 34.9. The number of benzene rings is 3. The standard InChI is InChI=1S/C37H46N2O6S/c1-27(2)36(32(41)26-35(44)45)39-33(42)22-14-23-38-34(43)25-31(40)21-12-13-24-46-37(28-15-6-3-7-16-28,29-17-8-4-9-18-29)30-19-10-5-11-20-30/h3-12,15-21,27,31-32,36,40-41H,13-14,22-26H2,1-2H3,(H,38,43)(H,39,42)(H,44,45)/b21-12+/t31-,32+,36-/m1/s1. The number of hydrogen-bond acceptors (Lipinski definition) is 6. The van der Waals surface area contributed by atoms with Crippen molar-refractivity contribution in [3.05, 3.63) is 120 Å². The number of aliphatic hydroxyl groups excluding tert-OH is 2. The summed E-state index contributed by atoms with van der Waals surface area (Å²) in [5.41, 5.74) is 3.56. The van der Waals surface area contributed by atoms with E-state index in [9.17, 15) is 24.6 Å². The van der Waals surface area contributed by atoms with Crippen LogP contribution in [0.1, 0.15) is 62.6 Å². The number of hydrogen-bond donors (Lipinski definition) is 5. The first-order valence-electron chi connectivity index (χ1n) is 15.7. The maximum atomic E-state index is 12.3. The zero-order valence-electron chi connectivity index (χ0n) is 26.5. The Balaban J connectivity index is 1.48. The second-order valence-corrected chi connectivity index (χ2v) is 12.9. The molecule has 0 fully saturated rings. The summed E-state index contributed by atoms with van der Waals surface area (Å²) >= 11 is 1.83. The van der Waals surface area contributed by atoms with Gasteiger partial charge in [0.2, 0.25) is 11.8 Å². The number of aliphatic hydroxyl groups is 2. The predicted molar refractivity (Wildman–Crippen MR) is 183 cm³/mol. The fourth-order valence-electron chi connectivity index (χ4n) is 5.38. The molecule has 3 aromatic rings. The van der Waals surface area contributed by atoms with Crippen LogP contribution in [0.25, 0.3) is 0 Å². The minimum absolute atomic E-state index is 0.0887. The number of carbonyl (C=O) groups excluding carboxylic acids is 2. The van der Waals surface area contributed by atoms with Gasteiger partial charge >= 0.3 is 5.97 Å². The summed E-state index contributed by atoms with van der Waals surface area (Å²) in [5.74, 6) is -1.15. The third-order valence-corrected chi connectivity index (χ3v) is 9.22. The highest BCUT2D eigenvalue weighted by Crippen LogP contribution is 2.48. The van der Waals surface area contributed by atoms with Gasteiger partial charge in [-0.15, -0.1) is 11.8 Å². The molecule has 0 aromatic heterocycles. The smallest absolute Gasteiger partial charge is 0.306 e. The van der Waals surface area contributed by atoms with Crippen molar-refractivity contribution in [3.63, 3.8) is 0 Å². The van der Waals surface area contributed by atoms with E-state index in [2.05, 4.69) is 83.4 Å². The minimum atomic E-state index is -1.19. The number of carboxylic acids is 1. The number of rotatable bonds is 19. The highest BCUT2D eigenvalue weighted by Gasteiger charge is 2.36. The number of amides is 2. The fraction of sp³-hybridized carbons (Fsp3) is 0.378. The lowest BCUT2D eigenvalue weighted by molar-refractivity contribution is -0.140. The van der Waals surface area contributed by atoms with E-state index >= 15 is 0 Å². The van der Waals surface area contributed by atoms with Crippen molar-refractivity contribution in [3.8, 4) is 0 Å². The topological polar surface area (TPSA) is 136 Å². The molecule has 5 N–H and O–H groups in total. The highest BCUT2D eigenvalue weighted by atomic mass is 32.2. The Morgan fingerprint density at radius 2 is 1.33 bits per heavy atom. The molecule has 246 valence electrons. The van der Waals surface area contributed by atoms with E-state index in [0.29, 0.717) is 12.8 Å². The second kappa shape index (κ2) is 18.9. The van der Waals surface area contributed by atoms with Crippen LogP contribution in [0.15, 0.2) is 103 Å². The van der Waals surface area contributed by atoms with E-state index in [1.807, 2.05) is 36.0 Å². The molecule has 46 heavy (non-hydrogen) atoms. The van der Waals surface area contributed by atoms with Gasteiger partial charge in [-0.2, -0.15) is 0 Å². The molecule has 0 bridgehead atoms. The fourth-order valence-corrected chi connectivity index (χ4v) is 6.85. The molecule has 0 saturated heterocycles. The molecule has 0 spiro atoms. The first-order chi connectivity index (χ1) is 22.1. The van der Waals surface area contributed by atoms with Gasteiger partial charge in [0, 0.05) is 13.0 Å². The van der Waals surface area contributed by atoms with E-state index in [1.165, 1.54) is 16.7 Å². The van der Waals surface area contributed by atoms with Crippen molar-refractivity contribution >= 4 is 29.5 Å². The number of aliphatic carboxylic acids is 1. The van der Waals surface area contributed by atoms with Crippen LogP contribution in [0.3, 0.4) is 0 Å². The second-order valence-electron chi connectivity index (χ2n) is 11.6. The van der Waals surface area contributed by atoms with Gasteiger partial charge in [-0.1, -0.05) is 117 Å². The average Bonchev–Trinajstić information content (AvgIpc) is 3.04. The summed E-state index contributed by atoms with van der Waals surface area (Å²) in [4.78, 5) is 35.6. The molecule has 3 atom stereocenters.